The molecule has 0 radical (unpaired) electrons. The van der Waals surface area contributed by atoms with Gasteiger partial charge in [0.1, 0.15) is 17.5 Å². The van der Waals surface area contributed by atoms with Crippen LogP contribution in [0.4, 0.5) is 5.82 Å². The molecule has 18 heavy (non-hydrogen) atoms. The molecule has 1 heterocycles. The minimum Gasteiger partial charge on any atom is -0.384 e. The number of nitrogens with two attached hydrogens (primary N) is 1. The van der Waals surface area contributed by atoms with Crippen molar-refractivity contribution in [2.45, 2.75) is 52.0 Å². The third kappa shape index (κ3) is 4.11. The molecule has 0 aliphatic heterocycles. The maximum absolute atomic E-state index is 8.89. The fraction of sp³-hybridized carbons (Fsp3) is 0.615. The molecule has 0 aromatic carbocycles. The van der Waals surface area contributed by atoms with Gasteiger partial charge in [0, 0.05) is 6.54 Å². The highest BCUT2D eigenvalue weighted by Crippen LogP contribution is 2.12. The van der Waals surface area contributed by atoms with E-state index in [0.29, 0.717) is 16.2 Å². The largest absolute Gasteiger partial charge is 0.384 e. The Balaban J connectivity index is 2.52. The molecule has 0 saturated carbocycles. The monoisotopic (exact) mass is 264 g/mol. The van der Waals surface area contributed by atoms with Gasteiger partial charge in [0.2, 0.25) is 4.77 Å². The molecular weight excluding hydrogens is 244 g/mol. The number of aromatic nitrogens is 2. The van der Waals surface area contributed by atoms with Crippen LogP contribution in [0.15, 0.2) is 6.20 Å². The summed E-state index contributed by atoms with van der Waals surface area (Å²) < 4.78 is 2.22. The van der Waals surface area contributed by atoms with Crippen molar-refractivity contribution in [2.75, 3.05) is 5.73 Å². The molecule has 0 aliphatic rings. The summed E-state index contributed by atoms with van der Waals surface area (Å²) in [5.41, 5.74) is 6.29. The Morgan fingerprint density at radius 1 is 1.33 bits per heavy atom. The fourth-order valence-corrected chi connectivity index (χ4v) is 2.10. The summed E-state index contributed by atoms with van der Waals surface area (Å²) in [4.78, 5) is 4.01. The van der Waals surface area contributed by atoms with Crippen LogP contribution in [-0.2, 0) is 6.54 Å². The van der Waals surface area contributed by atoms with Crippen molar-refractivity contribution >= 4 is 18.0 Å². The molecule has 1 aromatic heterocycles. The summed E-state index contributed by atoms with van der Waals surface area (Å²) in [6.07, 6.45) is 8.71. The molecule has 0 atom stereocenters. The predicted molar refractivity (Wildman–Crippen MR) is 75.6 cm³/mol. The lowest BCUT2D eigenvalue weighted by Crippen LogP contribution is -2.10. The van der Waals surface area contributed by atoms with Crippen molar-refractivity contribution in [2.24, 2.45) is 0 Å². The second-order valence-corrected chi connectivity index (χ2v) is 4.74. The summed E-state index contributed by atoms with van der Waals surface area (Å²) in [6.45, 7) is 2.96. The number of nitriles is 1. The molecule has 0 unspecified atom stereocenters. The zero-order valence-corrected chi connectivity index (χ0v) is 11.7. The number of hydrogen-bond acceptors (Lipinski definition) is 4. The van der Waals surface area contributed by atoms with Gasteiger partial charge in [-0.3, -0.25) is 0 Å². The molecule has 5 heteroatoms. The number of anilines is 1. The van der Waals surface area contributed by atoms with Gasteiger partial charge in [-0.05, 0) is 18.6 Å². The number of hydrogen-bond donors (Lipinski definition) is 1. The van der Waals surface area contributed by atoms with Crippen molar-refractivity contribution in [3.05, 3.63) is 16.5 Å². The zero-order valence-electron chi connectivity index (χ0n) is 10.9. The van der Waals surface area contributed by atoms with E-state index in [9.17, 15) is 0 Å². The number of nitrogens with zero attached hydrogens (tertiary/aromatic N) is 3. The standard InChI is InChI=1S/C13H20N4S/c1-2-3-4-5-6-7-8-17-12(15)11(9-14)10-16-13(17)18/h10H,2-8,15H2,1H3. The summed E-state index contributed by atoms with van der Waals surface area (Å²) in [6, 6.07) is 2.03. The first-order valence-electron chi connectivity index (χ1n) is 6.46. The Bertz CT molecular complexity index is 473. The third-order valence-electron chi connectivity index (χ3n) is 2.96. The van der Waals surface area contributed by atoms with Crippen LogP contribution in [0.1, 0.15) is 51.0 Å². The van der Waals surface area contributed by atoms with Crippen LogP contribution in [0.3, 0.4) is 0 Å². The molecular formula is C13H20N4S. The van der Waals surface area contributed by atoms with E-state index in [1.165, 1.54) is 31.9 Å². The molecule has 0 amide bonds. The van der Waals surface area contributed by atoms with Gasteiger partial charge < -0.3 is 10.3 Å². The lowest BCUT2D eigenvalue weighted by molar-refractivity contribution is 0.552. The Morgan fingerprint density at radius 3 is 2.67 bits per heavy atom. The first kappa shape index (κ1) is 14.7. The van der Waals surface area contributed by atoms with Gasteiger partial charge in [-0.15, -0.1) is 0 Å². The first-order valence-corrected chi connectivity index (χ1v) is 6.87. The fourth-order valence-electron chi connectivity index (χ4n) is 1.86. The van der Waals surface area contributed by atoms with Crippen LogP contribution in [0, 0.1) is 16.1 Å². The normalized spacial score (nSPS) is 10.2. The summed E-state index contributed by atoms with van der Waals surface area (Å²) >= 11 is 5.13. The molecule has 0 aliphatic carbocycles. The smallest absolute Gasteiger partial charge is 0.201 e. The minimum absolute atomic E-state index is 0.398. The van der Waals surface area contributed by atoms with Gasteiger partial charge in [0.05, 0.1) is 6.20 Å². The third-order valence-corrected chi connectivity index (χ3v) is 3.28. The van der Waals surface area contributed by atoms with E-state index in [1.807, 2.05) is 6.07 Å². The van der Waals surface area contributed by atoms with E-state index < -0.39 is 0 Å². The highest BCUT2D eigenvalue weighted by Gasteiger charge is 2.05. The zero-order chi connectivity index (χ0) is 13.4. The summed E-state index contributed by atoms with van der Waals surface area (Å²) in [7, 11) is 0. The quantitative estimate of drug-likeness (QED) is 0.605. The van der Waals surface area contributed by atoms with E-state index in [1.54, 1.807) is 4.57 Å². The van der Waals surface area contributed by atoms with Crippen LogP contribution in [-0.4, -0.2) is 9.55 Å². The van der Waals surface area contributed by atoms with Gasteiger partial charge in [0.15, 0.2) is 0 Å². The van der Waals surface area contributed by atoms with Crippen molar-refractivity contribution in [1.82, 2.24) is 9.55 Å². The summed E-state index contributed by atoms with van der Waals surface area (Å²) in [5, 5.41) is 8.89. The lowest BCUT2D eigenvalue weighted by atomic mass is 10.1. The van der Waals surface area contributed by atoms with Crippen LogP contribution in [0.25, 0.3) is 0 Å². The maximum atomic E-state index is 8.89. The minimum atomic E-state index is 0.398. The maximum Gasteiger partial charge on any atom is 0.201 e. The molecule has 2 N–H and O–H groups in total. The van der Waals surface area contributed by atoms with Crippen LogP contribution < -0.4 is 5.73 Å². The van der Waals surface area contributed by atoms with Gasteiger partial charge in [-0.1, -0.05) is 39.0 Å². The van der Waals surface area contributed by atoms with E-state index in [-0.39, 0.29) is 0 Å². The summed E-state index contributed by atoms with van der Waals surface area (Å²) in [5.74, 6) is 0.436. The van der Waals surface area contributed by atoms with E-state index >= 15 is 0 Å². The SMILES string of the molecule is CCCCCCCCn1c(N)c(C#N)cnc1=S. The van der Waals surface area contributed by atoms with Crippen molar-refractivity contribution in [1.29, 1.82) is 5.26 Å². The van der Waals surface area contributed by atoms with Crippen LogP contribution >= 0.6 is 12.2 Å². The molecule has 0 fully saturated rings. The second-order valence-electron chi connectivity index (χ2n) is 4.37. The average Bonchev–Trinajstić information content (AvgIpc) is 2.37. The van der Waals surface area contributed by atoms with E-state index in [4.69, 9.17) is 23.2 Å². The topological polar surface area (TPSA) is 67.6 Å². The van der Waals surface area contributed by atoms with Gasteiger partial charge in [-0.2, -0.15) is 5.26 Å². The number of nitrogen functional groups attached to an aromatic ring is 1. The Morgan fingerprint density at radius 2 is 2.00 bits per heavy atom. The molecule has 1 rings (SSSR count). The van der Waals surface area contributed by atoms with Crippen molar-refractivity contribution in [3.63, 3.8) is 0 Å². The van der Waals surface area contributed by atoms with Crippen LogP contribution in [0.5, 0.6) is 0 Å². The molecule has 1 aromatic rings. The number of unbranched alkanes of at least 4 members (excludes halogenated alkanes) is 5. The highest BCUT2D eigenvalue weighted by molar-refractivity contribution is 7.71. The van der Waals surface area contributed by atoms with Crippen molar-refractivity contribution in [3.8, 4) is 6.07 Å². The highest BCUT2D eigenvalue weighted by atomic mass is 32.1. The molecule has 98 valence electrons. The number of rotatable bonds is 7. The molecule has 0 spiro atoms. The van der Waals surface area contributed by atoms with Gasteiger partial charge in [0.25, 0.3) is 0 Å². The van der Waals surface area contributed by atoms with Crippen LogP contribution in [0.2, 0.25) is 0 Å². The van der Waals surface area contributed by atoms with Crippen molar-refractivity contribution < 1.29 is 0 Å². The van der Waals surface area contributed by atoms with Gasteiger partial charge >= 0.3 is 0 Å². The lowest BCUT2D eigenvalue weighted by Gasteiger charge is -2.10. The molecule has 0 saturated heterocycles. The molecule has 4 nitrogen and oxygen atoms in total. The Hall–Kier alpha value is -1.41. The van der Waals surface area contributed by atoms with Gasteiger partial charge in [-0.25, -0.2) is 4.98 Å². The van der Waals surface area contributed by atoms with E-state index in [2.05, 4.69) is 11.9 Å². The Labute approximate surface area is 113 Å². The average molecular weight is 264 g/mol. The second kappa shape index (κ2) is 7.83. The molecule has 0 bridgehead atoms. The predicted octanol–water partition coefficient (Wildman–Crippen LogP) is 3.43. The first-order chi connectivity index (χ1) is 8.70. The van der Waals surface area contributed by atoms with E-state index in [0.717, 1.165) is 19.4 Å². The Kier molecular flexibility index (Phi) is 6.37.